The summed E-state index contributed by atoms with van der Waals surface area (Å²) in [5, 5.41) is 8.13. The Bertz CT molecular complexity index is 3470. The van der Waals surface area contributed by atoms with Gasteiger partial charge in [0.05, 0.1) is 43.3 Å². The van der Waals surface area contributed by atoms with Crippen molar-refractivity contribution in [3.63, 3.8) is 0 Å². The molecule has 29 heteroatoms. The van der Waals surface area contributed by atoms with Gasteiger partial charge in [0, 0.05) is 75.9 Å². The molecule has 3 heterocycles. The van der Waals surface area contributed by atoms with Crippen LogP contribution in [0.4, 0.5) is 13.2 Å². The maximum atomic E-state index is 15.6. The molecule has 3 aliphatic heterocycles. The number of aryl methyl sites for hydroxylation is 2. The van der Waals surface area contributed by atoms with E-state index in [1.807, 2.05) is 39.8 Å². The molecule has 4 fully saturated rings. The first-order valence-corrected chi connectivity index (χ1v) is 36.8. The highest BCUT2D eigenvalue weighted by Crippen LogP contribution is 2.38. The summed E-state index contributed by atoms with van der Waals surface area (Å²) in [6, 6.07) is -0.180. The molecule has 2 aromatic rings. The van der Waals surface area contributed by atoms with Crippen molar-refractivity contribution in [3.05, 3.63) is 81.9 Å². The molecular formula is C75H108ClF3N12O13. The van der Waals surface area contributed by atoms with Crippen LogP contribution in [0.2, 0.25) is 5.02 Å². The number of carbonyl (C=O) groups is 12. The fourth-order valence-corrected chi connectivity index (χ4v) is 15.3. The van der Waals surface area contributed by atoms with Crippen LogP contribution in [0.5, 0.6) is 0 Å². The number of benzene rings is 2. The average Bonchev–Trinajstić information content (AvgIpc) is 1.53. The number of nitrogens with one attached hydrogen (secondary N) is 3. The molecule has 1 spiro atoms. The van der Waals surface area contributed by atoms with Gasteiger partial charge in [-0.2, -0.15) is 13.2 Å². The molecule has 2 saturated heterocycles. The number of hydrogen-bond donors (Lipinski definition) is 3. The molecule has 3 N–H and O–H groups in total. The molecule has 0 unspecified atom stereocenters. The predicted molar refractivity (Wildman–Crippen MR) is 383 cm³/mol. The zero-order chi connectivity index (χ0) is 76.8. The Morgan fingerprint density at radius 1 is 0.683 bits per heavy atom. The van der Waals surface area contributed by atoms with Gasteiger partial charge in [-0.25, -0.2) is 0 Å². The van der Waals surface area contributed by atoms with Crippen LogP contribution in [0.15, 0.2) is 54.6 Å². The fourth-order valence-electron chi connectivity index (χ4n) is 15.0. The smallest absolute Gasteiger partial charge is 0.375 e. The molecule has 2 aliphatic carbocycles. The number of ether oxygens (including phenoxy) is 1. The van der Waals surface area contributed by atoms with Gasteiger partial charge < -0.3 is 64.8 Å². The fraction of sp³-hybridized carbons (Fsp3) is 0.653. The summed E-state index contributed by atoms with van der Waals surface area (Å²) in [5.41, 5.74) is -0.866. The first-order valence-electron chi connectivity index (χ1n) is 36.4. The monoisotopic (exact) mass is 1480 g/mol. The Balaban J connectivity index is 1.33. The third-order valence-corrected chi connectivity index (χ3v) is 21.8. The summed E-state index contributed by atoms with van der Waals surface area (Å²) in [4.78, 5) is 192. The van der Waals surface area contributed by atoms with Crippen LogP contribution in [0.25, 0.3) is 0 Å². The maximum Gasteiger partial charge on any atom is 0.417 e. The Kier molecular flexibility index (Phi) is 29.4. The normalized spacial score (nSPS) is 26.1. The Morgan fingerprint density at radius 2 is 1.33 bits per heavy atom. The molecular weight excluding hydrogens is 1370 g/mol. The van der Waals surface area contributed by atoms with Crippen molar-refractivity contribution in [1.82, 2.24) is 60.0 Å². The number of fused-ring (bicyclic) bond motifs is 3. The van der Waals surface area contributed by atoms with E-state index in [0.717, 1.165) is 45.2 Å². The van der Waals surface area contributed by atoms with Crippen LogP contribution in [0, 0.1) is 24.7 Å². The molecule has 9 atom stereocenters. The number of halogens is 4. The summed E-state index contributed by atoms with van der Waals surface area (Å²) >= 11 is 6.18. The highest BCUT2D eigenvalue weighted by molar-refractivity contribution is 6.31. The number of alkyl halides is 3. The van der Waals surface area contributed by atoms with Crippen molar-refractivity contribution < 1.29 is 75.4 Å². The number of rotatable bonds is 11. The van der Waals surface area contributed by atoms with Gasteiger partial charge in [-0.15, -0.1) is 0 Å². The third kappa shape index (κ3) is 20.5. The van der Waals surface area contributed by atoms with Crippen LogP contribution in [-0.2, 0) is 81.3 Å². The van der Waals surface area contributed by atoms with Crippen molar-refractivity contribution in [2.45, 2.75) is 204 Å². The van der Waals surface area contributed by atoms with Crippen LogP contribution < -0.4 is 16.0 Å². The van der Waals surface area contributed by atoms with Crippen molar-refractivity contribution in [2.24, 2.45) is 17.8 Å². The van der Waals surface area contributed by atoms with Gasteiger partial charge in [-0.3, -0.25) is 57.5 Å². The molecule has 574 valence electrons. The second kappa shape index (κ2) is 36.7. The minimum Gasteiger partial charge on any atom is -0.375 e. The van der Waals surface area contributed by atoms with E-state index in [1.54, 1.807) is 31.2 Å². The molecule has 2 bridgehead atoms. The minimum absolute atomic E-state index is 0.00994. The van der Waals surface area contributed by atoms with Crippen LogP contribution >= 0.6 is 11.6 Å². The van der Waals surface area contributed by atoms with Crippen LogP contribution in [0.1, 0.15) is 146 Å². The van der Waals surface area contributed by atoms with Crippen LogP contribution in [0.3, 0.4) is 0 Å². The van der Waals surface area contributed by atoms with Gasteiger partial charge in [0.1, 0.15) is 53.9 Å². The predicted octanol–water partition coefficient (Wildman–Crippen LogP) is 5.40. The summed E-state index contributed by atoms with van der Waals surface area (Å²) in [5.74, 6) is -9.52. The second-order valence-electron chi connectivity index (χ2n) is 29.7. The number of nitrogens with zero attached hydrogens (tertiary/aromatic N) is 9. The second-order valence-corrected chi connectivity index (χ2v) is 30.1. The van der Waals surface area contributed by atoms with Gasteiger partial charge in [-0.1, -0.05) is 119 Å². The Hall–Kier alpha value is -8.14. The zero-order valence-electron chi connectivity index (χ0n) is 62.7. The minimum atomic E-state index is -4.78. The molecule has 7 rings (SSSR count). The van der Waals surface area contributed by atoms with E-state index >= 15 is 28.8 Å². The van der Waals surface area contributed by atoms with Gasteiger partial charge in [0.2, 0.25) is 70.9 Å². The van der Waals surface area contributed by atoms with Gasteiger partial charge in [0.15, 0.2) is 0 Å². The quantitative estimate of drug-likeness (QED) is 0.238. The first kappa shape index (κ1) is 83.1. The standard InChI is InChI=1S/C75H108ClF3N12O13/c1-14-48(5)63-71(101)85(9)44-62(94)87(11)59-45-104-38-21-15-20-36-91(70(59)100)58(41-50-28-26-47(4)27-29-50)69(99)84(8)43-60(92)80-54(33-31-49-30-32-52(53(76)40-49)75(77,78)79)67(97)90-37-22-25-55(90)66(96)82-74(34-18-19-35-74)73(103)89(13)64(51-23-16-17-24-51)72(102)88(12)57(68(98)83(6)7)42-61(93)86(10)56(39-46(2)3)65(95)81-63/h15,21,26-30,32,40,46,48,51,54-59,63-64H,14,16-20,22-25,31,33-39,41-45H2,1-13H3,(H,80,92)(H,81,95)(H,82,96)/b21-15-/t48-,54-,55-,56-,57-,58-,59-,63-,64-/m0/s1. The van der Waals surface area contributed by atoms with E-state index in [4.69, 9.17) is 16.3 Å². The summed E-state index contributed by atoms with van der Waals surface area (Å²) < 4.78 is 47.8. The lowest BCUT2D eigenvalue weighted by Crippen LogP contribution is -2.65. The van der Waals surface area contributed by atoms with Crippen LogP contribution in [-0.4, -0.2) is 265 Å². The van der Waals surface area contributed by atoms with E-state index in [1.165, 1.54) is 91.8 Å². The van der Waals surface area contributed by atoms with Crippen molar-refractivity contribution in [2.75, 3.05) is 95.8 Å². The topological polar surface area (TPSA) is 279 Å². The third-order valence-electron chi connectivity index (χ3n) is 21.5. The number of hydrogen-bond acceptors (Lipinski definition) is 13. The van der Waals surface area contributed by atoms with E-state index in [0.29, 0.717) is 44.1 Å². The highest BCUT2D eigenvalue weighted by atomic mass is 35.5. The molecule has 25 nitrogen and oxygen atoms in total. The highest BCUT2D eigenvalue weighted by Gasteiger charge is 2.52. The first-order chi connectivity index (χ1) is 49.0. The number of likely N-dealkylation sites (N-methyl/N-ethyl adjacent to an activating group) is 7. The van der Waals surface area contributed by atoms with E-state index in [9.17, 15) is 41.9 Å². The zero-order valence-corrected chi connectivity index (χ0v) is 63.4. The molecule has 2 saturated carbocycles. The van der Waals surface area contributed by atoms with Crippen molar-refractivity contribution in [3.8, 4) is 0 Å². The molecule has 12 amide bonds. The summed E-state index contributed by atoms with van der Waals surface area (Å²) in [6.45, 7) is 7.48. The van der Waals surface area contributed by atoms with Crippen molar-refractivity contribution >= 4 is 82.5 Å². The average molecular weight is 1480 g/mol. The van der Waals surface area contributed by atoms with Gasteiger partial charge >= 0.3 is 6.18 Å². The van der Waals surface area contributed by atoms with Gasteiger partial charge in [0.25, 0.3) is 0 Å². The SMILES string of the molecule is CC[C@H](C)[C@@H]1NC(=O)[C@H](CC(C)C)N(C)C(=O)C[C@@H](C(=O)N(C)C)N(C)C(=O)[C@H](C2CCCC2)N(C)C(=O)C2(CCCC2)NC(=O)[C@@H]2CCCN2C(=O)[C@H](CCc2ccc(C(F)(F)F)c(Cl)c2)NC(=O)CN(C)C(=O)[C@H](Cc2ccc(C)cc2)N2CC/C=C\COC[C@@H](C2=O)N(C)C(=O)CN(C)C1=O. The summed E-state index contributed by atoms with van der Waals surface area (Å²) in [7, 11) is 11.3. The molecule has 104 heavy (non-hydrogen) atoms. The molecule has 5 aliphatic rings. The number of amides is 12. The van der Waals surface area contributed by atoms with E-state index < -0.39 is 173 Å². The lowest BCUT2D eigenvalue weighted by atomic mass is 9.90. The van der Waals surface area contributed by atoms with E-state index in [-0.39, 0.29) is 89.2 Å². The van der Waals surface area contributed by atoms with Crippen molar-refractivity contribution in [1.29, 1.82) is 0 Å². The largest absolute Gasteiger partial charge is 0.417 e. The molecule has 0 radical (unpaired) electrons. The lowest BCUT2D eigenvalue weighted by molar-refractivity contribution is -0.156. The van der Waals surface area contributed by atoms with Gasteiger partial charge in [-0.05, 0) is 112 Å². The lowest BCUT2D eigenvalue weighted by Gasteiger charge is -2.42. The Morgan fingerprint density at radius 3 is 1.94 bits per heavy atom. The number of carbonyl (C=O) groups excluding carboxylic acids is 12. The molecule has 2 aromatic carbocycles. The Labute approximate surface area is 614 Å². The maximum absolute atomic E-state index is 15.6. The summed E-state index contributed by atoms with van der Waals surface area (Å²) in [6.07, 6.45) is 2.62. The van der Waals surface area contributed by atoms with E-state index in [2.05, 4.69) is 16.0 Å². The molecule has 0 aromatic heterocycles.